The molecular formula is C18H18BrNO3. The molecule has 4 nitrogen and oxygen atoms in total. The van der Waals surface area contributed by atoms with E-state index >= 15 is 0 Å². The highest BCUT2D eigenvalue weighted by Crippen LogP contribution is 2.34. The summed E-state index contributed by atoms with van der Waals surface area (Å²) in [5, 5.41) is 9.22. The van der Waals surface area contributed by atoms with E-state index < -0.39 is 0 Å². The molecule has 0 aliphatic carbocycles. The molecule has 0 aromatic heterocycles. The average Bonchev–Trinajstić information content (AvgIpc) is 2.55. The summed E-state index contributed by atoms with van der Waals surface area (Å²) in [5.41, 5.74) is 2.83. The number of hydrogen-bond acceptors (Lipinski definition) is 4. The van der Waals surface area contributed by atoms with Crippen molar-refractivity contribution in [3.05, 3.63) is 51.5 Å². The first kappa shape index (κ1) is 17.2. The number of nitriles is 1. The van der Waals surface area contributed by atoms with E-state index in [2.05, 4.69) is 28.9 Å². The molecule has 0 saturated carbocycles. The quantitative estimate of drug-likeness (QED) is 0.701. The van der Waals surface area contributed by atoms with Crippen molar-refractivity contribution in [2.24, 2.45) is 0 Å². The van der Waals surface area contributed by atoms with Gasteiger partial charge in [-0.15, -0.1) is 0 Å². The van der Waals surface area contributed by atoms with Crippen molar-refractivity contribution < 1.29 is 14.2 Å². The van der Waals surface area contributed by atoms with E-state index in [0.29, 0.717) is 30.3 Å². The van der Waals surface area contributed by atoms with Crippen LogP contribution in [0.1, 0.15) is 16.7 Å². The zero-order valence-electron chi connectivity index (χ0n) is 13.4. The first-order chi connectivity index (χ1) is 11.0. The molecule has 5 heteroatoms. The Labute approximate surface area is 144 Å². The lowest BCUT2D eigenvalue weighted by molar-refractivity contribution is 0.211. The molecule has 0 N–H and O–H groups in total. The molecule has 120 valence electrons. The molecule has 2 aromatic carbocycles. The van der Waals surface area contributed by atoms with Gasteiger partial charge in [-0.2, -0.15) is 5.26 Å². The predicted molar refractivity (Wildman–Crippen MR) is 92.3 cm³/mol. The van der Waals surface area contributed by atoms with Crippen LogP contribution >= 0.6 is 15.9 Å². The molecule has 0 spiro atoms. The van der Waals surface area contributed by atoms with Crippen molar-refractivity contribution in [3.63, 3.8) is 0 Å². The smallest absolute Gasteiger partial charge is 0.179 e. The lowest BCUT2D eigenvalue weighted by Gasteiger charge is -2.13. The molecule has 23 heavy (non-hydrogen) atoms. The molecule has 0 radical (unpaired) electrons. The van der Waals surface area contributed by atoms with Crippen molar-refractivity contribution >= 4 is 15.9 Å². The maximum atomic E-state index is 9.22. The second kappa shape index (κ2) is 7.89. The minimum absolute atomic E-state index is 0.319. The second-order valence-corrected chi connectivity index (χ2v) is 5.96. The second-order valence-electron chi connectivity index (χ2n) is 5.04. The van der Waals surface area contributed by atoms with Crippen LogP contribution < -0.4 is 14.2 Å². The Kier molecular flexibility index (Phi) is 5.89. The Hall–Kier alpha value is -2.19. The van der Waals surface area contributed by atoms with E-state index in [-0.39, 0.29) is 0 Å². The molecule has 0 saturated heterocycles. The van der Waals surface area contributed by atoms with Gasteiger partial charge in [0.2, 0.25) is 0 Å². The van der Waals surface area contributed by atoms with E-state index in [4.69, 9.17) is 14.2 Å². The number of benzene rings is 2. The van der Waals surface area contributed by atoms with Gasteiger partial charge in [-0.1, -0.05) is 22.0 Å². The first-order valence-corrected chi connectivity index (χ1v) is 7.95. The van der Waals surface area contributed by atoms with Gasteiger partial charge in [0.15, 0.2) is 11.5 Å². The summed E-state index contributed by atoms with van der Waals surface area (Å²) in [4.78, 5) is 0. The van der Waals surface area contributed by atoms with E-state index in [0.717, 1.165) is 10.2 Å². The Morgan fingerprint density at radius 3 is 2.43 bits per heavy atom. The molecule has 0 fully saturated rings. The highest BCUT2D eigenvalue weighted by atomic mass is 79.9. The highest BCUT2D eigenvalue weighted by Gasteiger charge is 2.12. The number of ether oxygens (including phenoxy) is 3. The third kappa shape index (κ3) is 4.40. The van der Waals surface area contributed by atoms with Crippen LogP contribution in [0.3, 0.4) is 0 Å². The van der Waals surface area contributed by atoms with Crippen LogP contribution in [0.5, 0.6) is 17.2 Å². The van der Waals surface area contributed by atoms with E-state index in [9.17, 15) is 5.26 Å². The summed E-state index contributed by atoms with van der Waals surface area (Å²) in [6.45, 7) is 4.81. The summed E-state index contributed by atoms with van der Waals surface area (Å²) in [5.74, 6) is 1.75. The van der Waals surface area contributed by atoms with Gasteiger partial charge >= 0.3 is 0 Å². The fourth-order valence-electron chi connectivity index (χ4n) is 2.06. The summed E-state index contributed by atoms with van der Waals surface area (Å²) in [6, 6.07) is 11.5. The van der Waals surface area contributed by atoms with Gasteiger partial charge < -0.3 is 14.2 Å². The van der Waals surface area contributed by atoms with Crippen LogP contribution in [0, 0.1) is 25.2 Å². The van der Waals surface area contributed by atoms with Crippen LogP contribution in [0.4, 0.5) is 0 Å². The van der Waals surface area contributed by atoms with E-state index in [1.54, 1.807) is 19.2 Å². The van der Waals surface area contributed by atoms with Crippen LogP contribution in [0.15, 0.2) is 34.8 Å². The molecule has 0 aliphatic heterocycles. The van der Waals surface area contributed by atoms with Crippen molar-refractivity contribution in [1.29, 1.82) is 5.26 Å². The number of nitrogens with zero attached hydrogens (tertiary/aromatic N) is 1. The Morgan fingerprint density at radius 2 is 1.78 bits per heavy atom. The molecule has 0 heterocycles. The zero-order valence-corrected chi connectivity index (χ0v) is 14.9. The molecular weight excluding hydrogens is 358 g/mol. The van der Waals surface area contributed by atoms with Crippen molar-refractivity contribution in [1.82, 2.24) is 0 Å². The van der Waals surface area contributed by atoms with Crippen LogP contribution in [-0.4, -0.2) is 20.3 Å². The SMILES string of the molecule is COc1cc(Br)cc(C#N)c1OCCOc1ccc(C)c(C)c1. The van der Waals surface area contributed by atoms with Gasteiger partial charge in [0.25, 0.3) is 0 Å². The highest BCUT2D eigenvalue weighted by molar-refractivity contribution is 9.10. The molecule has 0 amide bonds. The van der Waals surface area contributed by atoms with Crippen molar-refractivity contribution in [2.75, 3.05) is 20.3 Å². The molecule has 0 bridgehead atoms. The number of rotatable bonds is 6. The van der Waals surface area contributed by atoms with Crippen LogP contribution in [0.2, 0.25) is 0 Å². The van der Waals surface area contributed by atoms with Gasteiger partial charge in [-0.3, -0.25) is 0 Å². The normalized spacial score (nSPS) is 10.0. The van der Waals surface area contributed by atoms with E-state index in [1.165, 1.54) is 11.1 Å². The van der Waals surface area contributed by atoms with Gasteiger partial charge in [0.1, 0.15) is 25.0 Å². The number of methoxy groups -OCH3 is 1. The molecule has 0 aliphatic rings. The number of halogens is 1. The van der Waals surface area contributed by atoms with Crippen molar-refractivity contribution in [2.45, 2.75) is 13.8 Å². The van der Waals surface area contributed by atoms with Crippen LogP contribution in [0.25, 0.3) is 0 Å². The third-order valence-corrected chi connectivity index (χ3v) is 3.89. The summed E-state index contributed by atoms with van der Waals surface area (Å²) < 4.78 is 17.4. The maximum absolute atomic E-state index is 9.22. The Bertz CT molecular complexity index is 738. The van der Waals surface area contributed by atoms with Crippen molar-refractivity contribution in [3.8, 4) is 23.3 Å². The third-order valence-electron chi connectivity index (χ3n) is 3.44. The Morgan fingerprint density at radius 1 is 1.04 bits per heavy atom. The molecule has 2 aromatic rings. The fraction of sp³-hybridized carbons (Fsp3) is 0.278. The zero-order chi connectivity index (χ0) is 16.8. The minimum atomic E-state index is 0.319. The number of aryl methyl sites for hydroxylation is 2. The standard InChI is InChI=1S/C18H18BrNO3/c1-12-4-5-16(8-13(12)2)22-6-7-23-18-14(11-20)9-15(19)10-17(18)21-3/h4-5,8-10H,6-7H2,1-3H3. The van der Waals surface area contributed by atoms with Gasteiger partial charge in [-0.25, -0.2) is 0 Å². The largest absolute Gasteiger partial charge is 0.493 e. The number of hydrogen-bond donors (Lipinski definition) is 0. The predicted octanol–water partition coefficient (Wildman–Crippen LogP) is 4.40. The monoisotopic (exact) mass is 375 g/mol. The van der Waals surface area contributed by atoms with Gasteiger partial charge in [-0.05, 0) is 49.2 Å². The molecule has 0 atom stereocenters. The topological polar surface area (TPSA) is 51.5 Å². The van der Waals surface area contributed by atoms with Crippen LogP contribution in [-0.2, 0) is 0 Å². The minimum Gasteiger partial charge on any atom is -0.493 e. The Balaban J connectivity index is 1.99. The average molecular weight is 376 g/mol. The van der Waals surface area contributed by atoms with Gasteiger partial charge in [0.05, 0.1) is 12.7 Å². The van der Waals surface area contributed by atoms with E-state index in [1.807, 2.05) is 25.1 Å². The first-order valence-electron chi connectivity index (χ1n) is 7.15. The molecule has 0 unspecified atom stereocenters. The molecule has 2 rings (SSSR count). The summed E-state index contributed by atoms with van der Waals surface area (Å²) in [7, 11) is 1.54. The van der Waals surface area contributed by atoms with Gasteiger partial charge in [0, 0.05) is 4.47 Å². The summed E-state index contributed by atoms with van der Waals surface area (Å²) >= 11 is 3.34. The fourth-order valence-corrected chi connectivity index (χ4v) is 2.50. The summed E-state index contributed by atoms with van der Waals surface area (Å²) in [6.07, 6.45) is 0. The lowest BCUT2D eigenvalue weighted by Crippen LogP contribution is -2.10. The maximum Gasteiger partial charge on any atom is 0.179 e. The lowest BCUT2D eigenvalue weighted by atomic mass is 10.1.